The van der Waals surface area contributed by atoms with E-state index in [0.29, 0.717) is 34.3 Å². The van der Waals surface area contributed by atoms with E-state index in [2.05, 4.69) is 11.6 Å². The minimum absolute atomic E-state index is 0.103. The van der Waals surface area contributed by atoms with Crippen LogP contribution >= 0.6 is 23.6 Å². The fourth-order valence-electron chi connectivity index (χ4n) is 2.76. The van der Waals surface area contributed by atoms with Gasteiger partial charge in [0.1, 0.15) is 0 Å². The van der Waals surface area contributed by atoms with Crippen LogP contribution in [0.2, 0.25) is 0 Å². The first-order valence-electron chi connectivity index (χ1n) is 8.08. The molecule has 0 aliphatic carbocycles. The lowest BCUT2D eigenvalue weighted by molar-refractivity contribution is 0.0786. The molecule has 1 amide bonds. The van der Waals surface area contributed by atoms with Crippen molar-refractivity contribution in [3.8, 4) is 0 Å². The lowest BCUT2D eigenvalue weighted by Gasteiger charge is -2.17. The molecule has 0 bridgehead atoms. The Labute approximate surface area is 160 Å². The van der Waals surface area contributed by atoms with Crippen LogP contribution in [-0.2, 0) is 13.1 Å². The van der Waals surface area contributed by atoms with Crippen LogP contribution in [0.1, 0.15) is 20.8 Å². The molecule has 2 heterocycles. The molecule has 0 spiro atoms. The first-order valence-corrected chi connectivity index (χ1v) is 9.37. The van der Waals surface area contributed by atoms with E-state index in [1.807, 2.05) is 18.4 Å². The van der Waals surface area contributed by atoms with Crippen LogP contribution in [-0.4, -0.2) is 27.4 Å². The molecule has 1 N–H and O–H groups in total. The molecule has 3 rings (SSSR count). The van der Waals surface area contributed by atoms with Crippen LogP contribution in [0, 0.1) is 11.7 Å². The summed E-state index contributed by atoms with van der Waals surface area (Å²) in [5, 5.41) is 2.52. The molecule has 0 radical (unpaired) electrons. The van der Waals surface area contributed by atoms with Gasteiger partial charge in [0, 0.05) is 24.0 Å². The Morgan fingerprint density at radius 3 is 2.85 bits per heavy atom. The number of rotatable bonds is 5. The summed E-state index contributed by atoms with van der Waals surface area (Å²) in [4.78, 5) is 31.2. The van der Waals surface area contributed by atoms with Gasteiger partial charge >= 0.3 is 0 Å². The first-order chi connectivity index (χ1) is 12.4. The van der Waals surface area contributed by atoms with Crippen molar-refractivity contribution in [1.82, 2.24) is 14.5 Å². The summed E-state index contributed by atoms with van der Waals surface area (Å²) >= 11 is 6.89. The highest BCUT2D eigenvalue weighted by atomic mass is 32.1. The average molecular weight is 386 g/mol. The molecular weight excluding hydrogens is 366 g/mol. The number of allylic oxidation sites excluding steroid dienone is 1. The number of H-pyrrole nitrogens is 1. The largest absolute Gasteiger partial charge is 0.337 e. The second kappa shape index (κ2) is 7.39. The van der Waals surface area contributed by atoms with Gasteiger partial charge in [-0.05, 0) is 54.4 Å². The van der Waals surface area contributed by atoms with E-state index in [-0.39, 0.29) is 11.5 Å². The van der Waals surface area contributed by atoms with Crippen LogP contribution < -0.4 is 5.56 Å². The first kappa shape index (κ1) is 18.3. The maximum Gasteiger partial charge on any atom is 0.262 e. The highest BCUT2D eigenvalue weighted by Crippen LogP contribution is 2.19. The van der Waals surface area contributed by atoms with Gasteiger partial charge in [0.2, 0.25) is 0 Å². The third-order valence-electron chi connectivity index (χ3n) is 4.24. The maximum absolute atomic E-state index is 12.8. The lowest BCUT2D eigenvalue weighted by atomic mass is 10.1. The number of benzene rings is 1. The minimum Gasteiger partial charge on any atom is -0.337 e. The molecular formula is C19H19N3O2S2. The van der Waals surface area contributed by atoms with Crippen molar-refractivity contribution < 1.29 is 4.79 Å². The third-order valence-corrected chi connectivity index (χ3v) is 5.57. The number of carbonyl (C=O) groups excluding carboxylic acids is 1. The Kier molecular flexibility index (Phi) is 5.20. The zero-order valence-electron chi connectivity index (χ0n) is 14.6. The van der Waals surface area contributed by atoms with Gasteiger partial charge in [-0.3, -0.25) is 14.2 Å². The molecule has 2 aromatic heterocycles. The van der Waals surface area contributed by atoms with Crippen molar-refractivity contribution in [2.24, 2.45) is 0 Å². The van der Waals surface area contributed by atoms with E-state index in [1.165, 1.54) is 10.1 Å². The van der Waals surface area contributed by atoms with Crippen molar-refractivity contribution in [3.05, 3.63) is 73.4 Å². The van der Waals surface area contributed by atoms with Gasteiger partial charge in [-0.2, -0.15) is 0 Å². The zero-order valence-corrected chi connectivity index (χ0v) is 16.2. The van der Waals surface area contributed by atoms with Gasteiger partial charge in [0.15, 0.2) is 4.77 Å². The Hall–Kier alpha value is -2.51. The molecule has 0 fully saturated rings. The Bertz CT molecular complexity index is 1110. The van der Waals surface area contributed by atoms with Crippen LogP contribution in [0.15, 0.2) is 47.1 Å². The number of hydrogen-bond acceptors (Lipinski definition) is 4. The molecule has 134 valence electrons. The molecule has 26 heavy (non-hydrogen) atoms. The standard InChI is InChI=1S/C19H19N3O2S2/c1-4-8-22-18(24)14-6-5-13(10-15(14)20-19(22)25)17(23)21(3)11-16-12(2)7-9-26-16/h4-7,9-10H,1,8,11H2,2-3H3,(H,20,25). The van der Waals surface area contributed by atoms with Gasteiger partial charge in [-0.15, -0.1) is 17.9 Å². The number of fused-ring (bicyclic) bond motifs is 1. The Morgan fingerprint density at radius 2 is 2.19 bits per heavy atom. The van der Waals surface area contributed by atoms with Crippen LogP contribution in [0.25, 0.3) is 10.9 Å². The molecule has 3 aromatic rings. The van der Waals surface area contributed by atoms with Crippen molar-refractivity contribution in [1.29, 1.82) is 0 Å². The summed E-state index contributed by atoms with van der Waals surface area (Å²) in [7, 11) is 1.77. The van der Waals surface area contributed by atoms with E-state index in [4.69, 9.17) is 12.2 Å². The van der Waals surface area contributed by atoms with Crippen LogP contribution in [0.3, 0.4) is 0 Å². The van der Waals surface area contributed by atoms with Crippen LogP contribution in [0.4, 0.5) is 0 Å². The van der Waals surface area contributed by atoms with Crippen molar-refractivity contribution in [2.75, 3.05) is 7.05 Å². The number of nitrogens with one attached hydrogen (secondary N) is 1. The van der Waals surface area contributed by atoms with Crippen molar-refractivity contribution in [3.63, 3.8) is 0 Å². The number of carbonyl (C=O) groups is 1. The van der Waals surface area contributed by atoms with Gasteiger partial charge in [0.05, 0.1) is 17.4 Å². The topological polar surface area (TPSA) is 58.1 Å². The number of nitrogens with zero attached hydrogens (tertiary/aromatic N) is 2. The lowest BCUT2D eigenvalue weighted by Crippen LogP contribution is -2.26. The maximum atomic E-state index is 12.8. The highest BCUT2D eigenvalue weighted by Gasteiger charge is 2.15. The number of hydrogen-bond donors (Lipinski definition) is 1. The zero-order chi connectivity index (χ0) is 18.8. The van der Waals surface area contributed by atoms with Gasteiger partial charge in [-0.1, -0.05) is 6.08 Å². The second-order valence-corrected chi connectivity index (χ2v) is 7.47. The highest BCUT2D eigenvalue weighted by molar-refractivity contribution is 7.71. The van der Waals surface area contributed by atoms with Gasteiger partial charge in [-0.25, -0.2) is 0 Å². The van der Waals surface area contributed by atoms with E-state index >= 15 is 0 Å². The van der Waals surface area contributed by atoms with Crippen LogP contribution in [0.5, 0.6) is 0 Å². The SMILES string of the molecule is C=CCn1c(=S)[nH]c2cc(C(=O)N(C)Cc3sccc3C)ccc2c1=O. The minimum atomic E-state index is -0.190. The normalized spacial score (nSPS) is 10.8. The predicted octanol–water partition coefficient (Wildman–Crippen LogP) is 3.89. The quantitative estimate of drug-likeness (QED) is 0.535. The van der Waals surface area contributed by atoms with Gasteiger partial charge < -0.3 is 9.88 Å². The number of amides is 1. The summed E-state index contributed by atoms with van der Waals surface area (Å²) in [6, 6.07) is 7.08. The summed E-state index contributed by atoms with van der Waals surface area (Å²) in [5.41, 5.74) is 2.07. The average Bonchev–Trinajstić information content (AvgIpc) is 3.02. The second-order valence-electron chi connectivity index (χ2n) is 6.08. The number of aromatic amines is 1. The number of aryl methyl sites for hydroxylation is 1. The Morgan fingerprint density at radius 1 is 1.42 bits per heavy atom. The molecule has 0 aliphatic heterocycles. The summed E-state index contributed by atoms with van der Waals surface area (Å²) in [6.45, 7) is 6.57. The summed E-state index contributed by atoms with van der Waals surface area (Å²) < 4.78 is 1.76. The van der Waals surface area contributed by atoms with E-state index < -0.39 is 0 Å². The molecule has 5 nitrogen and oxygen atoms in total. The summed E-state index contributed by atoms with van der Waals surface area (Å²) in [5.74, 6) is -0.103. The molecule has 7 heteroatoms. The van der Waals surface area contributed by atoms with Gasteiger partial charge in [0.25, 0.3) is 11.5 Å². The Balaban J connectivity index is 1.96. The fourth-order valence-corrected chi connectivity index (χ4v) is 3.98. The fraction of sp³-hybridized carbons (Fsp3) is 0.211. The van der Waals surface area contributed by atoms with E-state index in [1.54, 1.807) is 47.6 Å². The molecule has 0 atom stereocenters. The number of aromatic nitrogens is 2. The molecule has 0 unspecified atom stereocenters. The van der Waals surface area contributed by atoms with E-state index in [9.17, 15) is 9.59 Å². The van der Waals surface area contributed by atoms with E-state index in [0.717, 1.165) is 4.88 Å². The smallest absolute Gasteiger partial charge is 0.262 e. The molecule has 0 saturated carbocycles. The molecule has 1 aromatic carbocycles. The monoisotopic (exact) mass is 385 g/mol. The molecule has 0 saturated heterocycles. The predicted molar refractivity (Wildman–Crippen MR) is 108 cm³/mol. The third kappa shape index (κ3) is 3.40. The summed E-state index contributed by atoms with van der Waals surface area (Å²) in [6.07, 6.45) is 1.62. The van der Waals surface area contributed by atoms with Crippen molar-refractivity contribution in [2.45, 2.75) is 20.0 Å². The van der Waals surface area contributed by atoms with Crippen molar-refractivity contribution >= 4 is 40.4 Å². The number of thiophene rings is 1. The molecule has 0 aliphatic rings.